The van der Waals surface area contributed by atoms with Gasteiger partial charge < -0.3 is 4.74 Å². The molecule has 0 amide bonds. The highest BCUT2D eigenvalue weighted by Gasteiger charge is 2.23. The third kappa shape index (κ3) is 3.67. The standard InChI is InChI=1S/C11H17ClN2O/c1-11(2,3)9(12)5-8-6-13-7-10(14-8)15-4/h6-7,9H,5H2,1-4H3. The van der Waals surface area contributed by atoms with Gasteiger partial charge in [0.1, 0.15) is 0 Å². The summed E-state index contributed by atoms with van der Waals surface area (Å²) < 4.78 is 5.01. The molecule has 0 aliphatic rings. The Morgan fingerprint density at radius 1 is 1.40 bits per heavy atom. The Bertz CT molecular complexity index is 323. The summed E-state index contributed by atoms with van der Waals surface area (Å²) in [4.78, 5) is 8.32. The molecule has 0 radical (unpaired) electrons. The van der Waals surface area contributed by atoms with Gasteiger partial charge in [0.2, 0.25) is 5.88 Å². The van der Waals surface area contributed by atoms with Crippen molar-refractivity contribution in [2.75, 3.05) is 7.11 Å². The van der Waals surface area contributed by atoms with E-state index in [2.05, 4.69) is 30.7 Å². The molecule has 0 spiro atoms. The van der Waals surface area contributed by atoms with Crippen LogP contribution in [-0.2, 0) is 6.42 Å². The second kappa shape index (κ2) is 4.79. The molecule has 15 heavy (non-hydrogen) atoms. The highest BCUT2D eigenvalue weighted by molar-refractivity contribution is 6.21. The van der Waals surface area contributed by atoms with E-state index < -0.39 is 0 Å². The van der Waals surface area contributed by atoms with E-state index in [-0.39, 0.29) is 10.8 Å². The van der Waals surface area contributed by atoms with E-state index in [1.165, 1.54) is 0 Å². The van der Waals surface area contributed by atoms with Gasteiger partial charge in [0, 0.05) is 18.0 Å². The lowest BCUT2D eigenvalue weighted by Gasteiger charge is -2.24. The molecule has 0 saturated carbocycles. The predicted molar refractivity (Wildman–Crippen MR) is 61.4 cm³/mol. The number of methoxy groups -OCH3 is 1. The van der Waals surface area contributed by atoms with Crippen molar-refractivity contribution in [1.29, 1.82) is 0 Å². The van der Waals surface area contributed by atoms with Crippen LogP contribution in [0.4, 0.5) is 0 Å². The normalized spacial score (nSPS) is 13.7. The number of ether oxygens (including phenoxy) is 1. The van der Waals surface area contributed by atoms with Crippen LogP contribution in [0.5, 0.6) is 5.88 Å². The molecule has 0 aliphatic heterocycles. The first-order chi connectivity index (χ1) is 6.93. The van der Waals surface area contributed by atoms with Gasteiger partial charge in [-0.05, 0) is 5.41 Å². The lowest BCUT2D eigenvalue weighted by atomic mass is 9.89. The molecule has 0 aromatic carbocycles. The molecular formula is C11H17ClN2O. The molecule has 3 nitrogen and oxygen atoms in total. The first-order valence-corrected chi connectivity index (χ1v) is 5.36. The average molecular weight is 229 g/mol. The molecule has 1 rings (SSSR count). The number of hydrogen-bond acceptors (Lipinski definition) is 3. The van der Waals surface area contributed by atoms with Crippen molar-refractivity contribution < 1.29 is 4.74 Å². The van der Waals surface area contributed by atoms with Crippen LogP contribution in [-0.4, -0.2) is 22.5 Å². The van der Waals surface area contributed by atoms with Gasteiger partial charge in [0.15, 0.2) is 0 Å². The van der Waals surface area contributed by atoms with E-state index in [4.69, 9.17) is 16.3 Å². The van der Waals surface area contributed by atoms with Crippen LogP contribution >= 0.6 is 11.6 Å². The fourth-order valence-electron chi connectivity index (χ4n) is 1.07. The summed E-state index contributed by atoms with van der Waals surface area (Å²) in [6, 6.07) is 0. The Kier molecular flexibility index (Phi) is 3.91. The summed E-state index contributed by atoms with van der Waals surface area (Å²) in [5.41, 5.74) is 0.927. The fourth-order valence-corrected chi connectivity index (χ4v) is 1.23. The van der Waals surface area contributed by atoms with Crippen LogP contribution < -0.4 is 4.74 Å². The monoisotopic (exact) mass is 228 g/mol. The third-order valence-corrected chi connectivity index (χ3v) is 3.01. The number of halogens is 1. The van der Waals surface area contributed by atoms with Crippen molar-refractivity contribution in [3.05, 3.63) is 18.1 Å². The molecule has 0 aliphatic carbocycles. The Balaban J connectivity index is 2.72. The highest BCUT2D eigenvalue weighted by Crippen LogP contribution is 2.27. The minimum atomic E-state index is 0.0407. The topological polar surface area (TPSA) is 35.0 Å². The summed E-state index contributed by atoms with van der Waals surface area (Å²) in [6.45, 7) is 6.33. The summed E-state index contributed by atoms with van der Waals surface area (Å²) >= 11 is 6.28. The van der Waals surface area contributed by atoms with Gasteiger partial charge in [-0.3, -0.25) is 4.98 Å². The lowest BCUT2D eigenvalue weighted by Crippen LogP contribution is -2.23. The van der Waals surface area contributed by atoms with Gasteiger partial charge in [-0.15, -0.1) is 11.6 Å². The first kappa shape index (κ1) is 12.2. The number of hydrogen-bond donors (Lipinski definition) is 0. The number of rotatable bonds is 3. The molecule has 84 valence electrons. The van der Waals surface area contributed by atoms with E-state index in [1.807, 2.05) is 0 Å². The summed E-state index contributed by atoms with van der Waals surface area (Å²) in [7, 11) is 1.58. The second-order valence-electron chi connectivity index (χ2n) is 4.59. The highest BCUT2D eigenvalue weighted by atomic mass is 35.5. The molecule has 0 bridgehead atoms. The molecule has 1 aromatic rings. The van der Waals surface area contributed by atoms with Crippen molar-refractivity contribution >= 4 is 11.6 Å². The van der Waals surface area contributed by atoms with Crippen LogP contribution in [0.3, 0.4) is 0 Å². The number of nitrogens with zero attached hydrogens (tertiary/aromatic N) is 2. The molecule has 1 unspecified atom stereocenters. The summed E-state index contributed by atoms with van der Waals surface area (Å²) in [5.74, 6) is 0.533. The zero-order valence-electron chi connectivity index (χ0n) is 9.62. The molecule has 0 saturated heterocycles. The van der Waals surface area contributed by atoms with E-state index in [1.54, 1.807) is 19.5 Å². The maximum absolute atomic E-state index is 6.28. The van der Waals surface area contributed by atoms with Gasteiger partial charge in [-0.1, -0.05) is 20.8 Å². The average Bonchev–Trinajstić information content (AvgIpc) is 2.16. The van der Waals surface area contributed by atoms with Crippen LogP contribution in [0.25, 0.3) is 0 Å². The van der Waals surface area contributed by atoms with Gasteiger partial charge in [0.25, 0.3) is 0 Å². The Morgan fingerprint density at radius 2 is 2.07 bits per heavy atom. The van der Waals surface area contributed by atoms with Crippen molar-refractivity contribution in [3.63, 3.8) is 0 Å². The Hall–Kier alpha value is -0.830. The van der Waals surface area contributed by atoms with Crippen molar-refractivity contribution in [2.45, 2.75) is 32.6 Å². The van der Waals surface area contributed by atoms with Crippen LogP contribution in [0, 0.1) is 5.41 Å². The van der Waals surface area contributed by atoms with Gasteiger partial charge >= 0.3 is 0 Å². The SMILES string of the molecule is COc1cncc(CC(Cl)C(C)(C)C)n1. The largest absolute Gasteiger partial charge is 0.480 e. The van der Waals surface area contributed by atoms with Crippen molar-refractivity contribution in [1.82, 2.24) is 9.97 Å². The quantitative estimate of drug-likeness (QED) is 0.747. The minimum absolute atomic E-state index is 0.0407. The van der Waals surface area contributed by atoms with E-state index in [9.17, 15) is 0 Å². The Labute approximate surface area is 95.8 Å². The predicted octanol–water partition coefficient (Wildman–Crippen LogP) is 2.68. The van der Waals surface area contributed by atoms with E-state index in [0.29, 0.717) is 12.3 Å². The van der Waals surface area contributed by atoms with Gasteiger partial charge in [-0.25, -0.2) is 4.98 Å². The van der Waals surface area contributed by atoms with Gasteiger partial charge in [0.05, 0.1) is 19.0 Å². The number of aromatic nitrogens is 2. The molecule has 4 heteroatoms. The van der Waals surface area contributed by atoms with E-state index in [0.717, 1.165) is 5.69 Å². The fraction of sp³-hybridized carbons (Fsp3) is 0.636. The molecule has 0 N–H and O–H groups in total. The summed E-state index contributed by atoms with van der Waals surface area (Å²) in [6.07, 6.45) is 4.02. The molecule has 1 heterocycles. The molecule has 0 fully saturated rings. The van der Waals surface area contributed by atoms with E-state index >= 15 is 0 Å². The van der Waals surface area contributed by atoms with Crippen LogP contribution in [0.2, 0.25) is 0 Å². The lowest BCUT2D eigenvalue weighted by molar-refractivity contribution is 0.376. The summed E-state index contributed by atoms with van der Waals surface area (Å²) in [5, 5.41) is 0.0407. The van der Waals surface area contributed by atoms with Crippen molar-refractivity contribution in [2.24, 2.45) is 5.41 Å². The smallest absolute Gasteiger partial charge is 0.232 e. The van der Waals surface area contributed by atoms with Crippen molar-refractivity contribution in [3.8, 4) is 5.88 Å². The van der Waals surface area contributed by atoms with Gasteiger partial charge in [-0.2, -0.15) is 0 Å². The molecular weight excluding hydrogens is 212 g/mol. The first-order valence-electron chi connectivity index (χ1n) is 4.92. The third-order valence-electron chi connectivity index (χ3n) is 2.20. The maximum atomic E-state index is 6.28. The zero-order valence-corrected chi connectivity index (χ0v) is 10.4. The molecule has 1 aromatic heterocycles. The maximum Gasteiger partial charge on any atom is 0.232 e. The Morgan fingerprint density at radius 3 is 2.60 bits per heavy atom. The minimum Gasteiger partial charge on any atom is -0.480 e. The number of alkyl halides is 1. The zero-order chi connectivity index (χ0) is 11.5. The van der Waals surface area contributed by atoms with Crippen LogP contribution in [0.1, 0.15) is 26.5 Å². The second-order valence-corrected chi connectivity index (χ2v) is 5.12. The van der Waals surface area contributed by atoms with Crippen LogP contribution in [0.15, 0.2) is 12.4 Å². The molecule has 1 atom stereocenters.